The van der Waals surface area contributed by atoms with E-state index >= 15 is 0 Å². The number of thioether (sulfide) groups is 1. The van der Waals surface area contributed by atoms with Gasteiger partial charge >= 0.3 is 0 Å². The molecule has 0 saturated carbocycles. The normalized spacial score (nSPS) is 15.0. The summed E-state index contributed by atoms with van der Waals surface area (Å²) in [5, 5.41) is 22.9. The van der Waals surface area contributed by atoms with Crippen LogP contribution in [0.3, 0.4) is 0 Å². The number of Topliss-reactive ketones (excluding diaryl/α,β-unsaturated/α-hetero) is 1. The van der Waals surface area contributed by atoms with Gasteiger partial charge in [0.1, 0.15) is 22.2 Å². The maximum absolute atomic E-state index is 12.5. The van der Waals surface area contributed by atoms with E-state index < -0.39 is 0 Å². The molecule has 0 fully saturated rings. The number of thiophene rings is 1. The summed E-state index contributed by atoms with van der Waals surface area (Å²) < 4.78 is 0. The maximum Gasteiger partial charge on any atom is 0.235 e. The molecule has 0 unspecified atom stereocenters. The van der Waals surface area contributed by atoms with Crippen LogP contribution in [0.4, 0.5) is 5.00 Å². The second kappa shape index (κ2) is 8.36. The number of carbonyl (C=O) groups is 2. The van der Waals surface area contributed by atoms with Gasteiger partial charge in [0, 0.05) is 16.9 Å². The number of nitrogens with zero attached hydrogens (tertiary/aromatic N) is 3. The predicted octanol–water partition coefficient (Wildman–Crippen LogP) is 4.02. The van der Waals surface area contributed by atoms with Crippen LogP contribution in [0, 0.1) is 22.7 Å². The topological polar surface area (TPSA) is 107 Å². The van der Waals surface area contributed by atoms with Crippen molar-refractivity contribution in [3.63, 3.8) is 0 Å². The monoisotopic (exact) mass is 422 g/mol. The van der Waals surface area contributed by atoms with Gasteiger partial charge in [-0.05, 0) is 50.2 Å². The van der Waals surface area contributed by atoms with Crippen molar-refractivity contribution in [2.24, 2.45) is 0 Å². The van der Waals surface area contributed by atoms with Crippen LogP contribution < -0.4 is 5.32 Å². The van der Waals surface area contributed by atoms with Crippen molar-refractivity contribution in [3.05, 3.63) is 38.9 Å². The lowest BCUT2D eigenvalue weighted by atomic mass is 9.94. The standard InChI is InChI=1S/C21H18N4O2S2/c22-9-12-8-14-16(5-3-6-17(14)26)24-20(12)28-11-19(27)25-21-15(10-23)13-4-1-2-7-18(13)29-21/h8H,1-7,11H2,(H,25,27). The lowest BCUT2D eigenvalue weighted by molar-refractivity contribution is -0.113. The molecule has 0 atom stereocenters. The third-order valence-electron chi connectivity index (χ3n) is 5.18. The quantitative estimate of drug-likeness (QED) is 0.746. The number of nitriles is 2. The Balaban J connectivity index is 1.48. The first-order chi connectivity index (χ1) is 14.1. The number of rotatable bonds is 4. The zero-order valence-electron chi connectivity index (χ0n) is 15.7. The smallest absolute Gasteiger partial charge is 0.235 e. The van der Waals surface area contributed by atoms with Gasteiger partial charge in [-0.2, -0.15) is 10.5 Å². The van der Waals surface area contributed by atoms with Crippen LogP contribution in [0.5, 0.6) is 0 Å². The first kappa shape index (κ1) is 19.6. The van der Waals surface area contributed by atoms with Gasteiger partial charge in [0.2, 0.25) is 5.91 Å². The van der Waals surface area contributed by atoms with Crippen LogP contribution in [0.2, 0.25) is 0 Å². The molecule has 0 aliphatic heterocycles. The molecule has 0 bridgehead atoms. The summed E-state index contributed by atoms with van der Waals surface area (Å²) in [6.45, 7) is 0. The molecular formula is C21H18N4O2S2. The van der Waals surface area contributed by atoms with E-state index in [9.17, 15) is 20.1 Å². The molecule has 0 radical (unpaired) electrons. The summed E-state index contributed by atoms with van der Waals surface area (Å²) in [5.74, 6) is -0.123. The van der Waals surface area contributed by atoms with Gasteiger partial charge in [-0.25, -0.2) is 4.98 Å². The van der Waals surface area contributed by atoms with Gasteiger partial charge < -0.3 is 5.32 Å². The second-order valence-electron chi connectivity index (χ2n) is 7.09. The summed E-state index contributed by atoms with van der Waals surface area (Å²) in [6, 6.07) is 5.93. The lowest BCUT2D eigenvalue weighted by Crippen LogP contribution is -2.16. The molecule has 2 aromatic heterocycles. The molecule has 146 valence electrons. The van der Waals surface area contributed by atoms with Gasteiger partial charge in [-0.1, -0.05) is 11.8 Å². The zero-order chi connectivity index (χ0) is 20.4. The number of anilines is 1. The van der Waals surface area contributed by atoms with E-state index in [2.05, 4.69) is 22.4 Å². The van der Waals surface area contributed by atoms with Gasteiger partial charge in [0.25, 0.3) is 0 Å². The molecule has 2 aromatic rings. The molecule has 1 amide bonds. The lowest BCUT2D eigenvalue weighted by Gasteiger charge is -2.15. The fourth-order valence-corrected chi connectivity index (χ4v) is 5.81. The fourth-order valence-electron chi connectivity index (χ4n) is 3.77. The Morgan fingerprint density at radius 2 is 2.00 bits per heavy atom. The highest BCUT2D eigenvalue weighted by atomic mass is 32.2. The molecular weight excluding hydrogens is 404 g/mol. The van der Waals surface area contributed by atoms with Crippen molar-refractivity contribution in [3.8, 4) is 12.1 Å². The number of pyridine rings is 1. The number of nitrogens with one attached hydrogen (secondary N) is 1. The molecule has 0 spiro atoms. The van der Waals surface area contributed by atoms with E-state index in [0.717, 1.165) is 37.7 Å². The van der Waals surface area contributed by atoms with Crippen LogP contribution >= 0.6 is 23.1 Å². The highest BCUT2D eigenvalue weighted by molar-refractivity contribution is 8.00. The number of amides is 1. The van der Waals surface area contributed by atoms with Crippen molar-refractivity contribution in [2.75, 3.05) is 11.1 Å². The zero-order valence-corrected chi connectivity index (χ0v) is 17.3. The predicted molar refractivity (Wildman–Crippen MR) is 111 cm³/mol. The Bertz CT molecular complexity index is 1090. The number of hydrogen-bond acceptors (Lipinski definition) is 7. The maximum atomic E-state index is 12.5. The Labute approximate surface area is 176 Å². The molecule has 1 N–H and O–H groups in total. The molecule has 29 heavy (non-hydrogen) atoms. The van der Waals surface area contributed by atoms with E-state index in [-0.39, 0.29) is 17.4 Å². The highest BCUT2D eigenvalue weighted by Gasteiger charge is 2.23. The van der Waals surface area contributed by atoms with Crippen LogP contribution in [-0.4, -0.2) is 22.4 Å². The van der Waals surface area contributed by atoms with E-state index in [0.29, 0.717) is 45.3 Å². The van der Waals surface area contributed by atoms with E-state index in [1.807, 2.05) is 0 Å². The molecule has 8 heteroatoms. The van der Waals surface area contributed by atoms with Crippen molar-refractivity contribution in [1.82, 2.24) is 4.98 Å². The average molecular weight is 423 g/mol. The molecule has 6 nitrogen and oxygen atoms in total. The number of aryl methyl sites for hydroxylation is 2. The third-order valence-corrected chi connectivity index (χ3v) is 7.38. The molecule has 2 aliphatic rings. The van der Waals surface area contributed by atoms with Crippen LogP contribution in [0.1, 0.15) is 63.3 Å². The Hall–Kier alpha value is -2.68. The summed E-state index contributed by atoms with van der Waals surface area (Å²) in [6.07, 6.45) is 6.00. The minimum atomic E-state index is -0.232. The molecule has 2 heterocycles. The fraction of sp³-hybridized carbons (Fsp3) is 0.381. The Morgan fingerprint density at radius 3 is 2.79 bits per heavy atom. The minimum Gasteiger partial charge on any atom is -0.316 e. The van der Waals surface area contributed by atoms with E-state index in [4.69, 9.17) is 0 Å². The summed E-state index contributed by atoms with van der Waals surface area (Å²) >= 11 is 2.68. The Kier molecular flexibility index (Phi) is 5.66. The third kappa shape index (κ3) is 3.91. The largest absolute Gasteiger partial charge is 0.316 e. The van der Waals surface area contributed by atoms with E-state index in [1.54, 1.807) is 6.07 Å². The Morgan fingerprint density at radius 1 is 1.17 bits per heavy atom. The SMILES string of the molecule is N#Cc1cc2c(nc1SCC(=O)Nc1sc3c(c1C#N)CCCC3)CCCC2=O. The van der Waals surface area contributed by atoms with Crippen LogP contribution in [-0.2, 0) is 24.1 Å². The number of carbonyl (C=O) groups excluding carboxylic acids is 2. The van der Waals surface area contributed by atoms with Crippen molar-refractivity contribution in [2.45, 2.75) is 50.0 Å². The minimum absolute atomic E-state index is 0.0234. The van der Waals surface area contributed by atoms with Crippen molar-refractivity contribution >= 4 is 39.8 Å². The average Bonchev–Trinajstić information content (AvgIpc) is 3.08. The number of hydrogen-bond donors (Lipinski definition) is 1. The van der Waals surface area contributed by atoms with Crippen LogP contribution in [0.25, 0.3) is 0 Å². The molecule has 2 aliphatic carbocycles. The van der Waals surface area contributed by atoms with Gasteiger partial charge in [-0.3, -0.25) is 9.59 Å². The van der Waals surface area contributed by atoms with Gasteiger partial charge in [0.05, 0.1) is 22.6 Å². The van der Waals surface area contributed by atoms with Crippen LogP contribution in [0.15, 0.2) is 11.1 Å². The first-order valence-corrected chi connectivity index (χ1v) is 11.4. The van der Waals surface area contributed by atoms with Crippen molar-refractivity contribution < 1.29 is 9.59 Å². The number of ketones is 1. The summed E-state index contributed by atoms with van der Waals surface area (Å²) in [5.41, 5.74) is 3.23. The molecule has 0 saturated heterocycles. The van der Waals surface area contributed by atoms with E-state index in [1.165, 1.54) is 28.0 Å². The summed E-state index contributed by atoms with van der Waals surface area (Å²) in [7, 11) is 0. The van der Waals surface area contributed by atoms with Gasteiger partial charge in [0.15, 0.2) is 5.78 Å². The molecule has 4 rings (SSSR count). The first-order valence-electron chi connectivity index (χ1n) is 9.55. The number of aromatic nitrogens is 1. The second-order valence-corrected chi connectivity index (χ2v) is 9.16. The van der Waals surface area contributed by atoms with Gasteiger partial charge in [-0.15, -0.1) is 11.3 Å². The van der Waals surface area contributed by atoms with Crippen molar-refractivity contribution in [1.29, 1.82) is 10.5 Å². The highest BCUT2D eigenvalue weighted by Crippen LogP contribution is 2.37. The summed E-state index contributed by atoms with van der Waals surface area (Å²) in [4.78, 5) is 30.2. The molecule has 0 aromatic carbocycles. The number of fused-ring (bicyclic) bond motifs is 2.